The topological polar surface area (TPSA) is 49.9 Å². The summed E-state index contributed by atoms with van der Waals surface area (Å²) >= 11 is 0. The Balaban J connectivity index is 1.88. The number of hydrogen-bond donors (Lipinski definition) is 0. The smallest absolute Gasteiger partial charge is 0.257 e. The van der Waals surface area contributed by atoms with Gasteiger partial charge in [-0.25, -0.2) is 4.39 Å². The lowest BCUT2D eigenvalue weighted by molar-refractivity contribution is -0.134. The largest absolute Gasteiger partial charge is 0.491 e. The molecule has 0 unspecified atom stereocenters. The summed E-state index contributed by atoms with van der Waals surface area (Å²) in [4.78, 5) is 30.1. The highest BCUT2D eigenvalue weighted by molar-refractivity contribution is 5.96. The van der Waals surface area contributed by atoms with Crippen LogP contribution < -0.4 is 4.74 Å². The van der Waals surface area contributed by atoms with Crippen LogP contribution in [0.3, 0.4) is 0 Å². The van der Waals surface area contributed by atoms with Gasteiger partial charge in [0.2, 0.25) is 5.91 Å². The highest BCUT2D eigenvalue weighted by Crippen LogP contribution is 2.23. The lowest BCUT2D eigenvalue weighted by Gasteiger charge is -2.34. The van der Waals surface area contributed by atoms with Gasteiger partial charge in [-0.05, 0) is 48.9 Å². The number of carbonyl (C=O) groups excluding carboxylic acids is 2. The van der Waals surface area contributed by atoms with E-state index in [0.717, 1.165) is 32.1 Å². The van der Waals surface area contributed by atoms with Crippen LogP contribution in [-0.4, -0.2) is 54.4 Å². The highest BCUT2D eigenvalue weighted by atomic mass is 19.1. The minimum absolute atomic E-state index is 0.0289. The van der Waals surface area contributed by atoms with Gasteiger partial charge in [0, 0.05) is 20.1 Å². The van der Waals surface area contributed by atoms with E-state index in [1.807, 2.05) is 30.1 Å². The van der Waals surface area contributed by atoms with Crippen LogP contribution in [-0.2, 0) is 11.2 Å². The second kappa shape index (κ2) is 12.5. The number of fused-ring (bicyclic) bond motifs is 1. The van der Waals surface area contributed by atoms with Crippen molar-refractivity contribution < 1.29 is 18.7 Å². The van der Waals surface area contributed by atoms with Gasteiger partial charge in [0.1, 0.15) is 18.2 Å². The first-order valence-corrected chi connectivity index (χ1v) is 12.4. The van der Waals surface area contributed by atoms with Crippen LogP contribution in [0.15, 0.2) is 48.5 Å². The van der Waals surface area contributed by atoms with Crippen molar-refractivity contribution in [2.45, 2.75) is 58.4 Å². The standard InChI is InChI=1S/C28H37FN2O3/c1-21(2)18-23-20-34-26-15-9-7-13-24(26)28(33)30(3)16-10-4-5-11-17-31(23)27(32)19-22-12-6-8-14-25(22)29/h6-9,12-15,21,23H,4-5,10-11,16-20H2,1-3H3/t23-/m0/s1. The summed E-state index contributed by atoms with van der Waals surface area (Å²) in [5, 5.41) is 0. The summed E-state index contributed by atoms with van der Waals surface area (Å²) < 4.78 is 20.5. The summed E-state index contributed by atoms with van der Waals surface area (Å²) in [5.74, 6) is 0.383. The molecular formula is C28H37FN2O3. The first-order chi connectivity index (χ1) is 16.4. The minimum atomic E-state index is -0.355. The SMILES string of the molecule is CC(C)C[C@H]1COc2ccccc2C(=O)N(C)CCCCCCN1C(=O)Cc1ccccc1F. The van der Waals surface area contributed by atoms with Gasteiger partial charge in [0.05, 0.1) is 18.0 Å². The van der Waals surface area contributed by atoms with Crippen molar-refractivity contribution in [2.75, 3.05) is 26.7 Å². The maximum absolute atomic E-state index is 14.3. The Kier molecular flexibility index (Phi) is 9.49. The molecule has 1 aliphatic heterocycles. The number of nitrogens with zero attached hydrogens (tertiary/aromatic N) is 2. The molecule has 1 atom stereocenters. The zero-order valence-electron chi connectivity index (χ0n) is 20.6. The molecule has 1 aliphatic rings. The Morgan fingerprint density at radius 1 is 1.03 bits per heavy atom. The summed E-state index contributed by atoms with van der Waals surface area (Å²) in [6, 6.07) is 13.6. The molecule has 0 fully saturated rings. The van der Waals surface area contributed by atoms with Crippen molar-refractivity contribution in [1.29, 1.82) is 0 Å². The predicted octanol–water partition coefficient (Wildman–Crippen LogP) is 5.34. The molecule has 3 rings (SSSR count). The third-order valence-electron chi connectivity index (χ3n) is 6.34. The quantitative estimate of drug-likeness (QED) is 0.609. The molecule has 0 aliphatic carbocycles. The molecule has 0 N–H and O–H groups in total. The maximum atomic E-state index is 14.3. The molecular weight excluding hydrogens is 431 g/mol. The Morgan fingerprint density at radius 3 is 2.44 bits per heavy atom. The van der Waals surface area contributed by atoms with Crippen LogP contribution in [0.5, 0.6) is 5.75 Å². The van der Waals surface area contributed by atoms with Gasteiger partial charge in [-0.15, -0.1) is 0 Å². The van der Waals surface area contributed by atoms with E-state index in [2.05, 4.69) is 13.8 Å². The van der Waals surface area contributed by atoms with Crippen LogP contribution in [0.25, 0.3) is 0 Å². The van der Waals surface area contributed by atoms with E-state index in [1.54, 1.807) is 29.2 Å². The maximum Gasteiger partial charge on any atom is 0.257 e. The fourth-order valence-electron chi connectivity index (χ4n) is 4.49. The number of para-hydroxylation sites is 1. The Morgan fingerprint density at radius 2 is 1.71 bits per heavy atom. The first-order valence-electron chi connectivity index (χ1n) is 12.4. The van der Waals surface area contributed by atoms with E-state index in [-0.39, 0.29) is 36.7 Å². The normalized spacial score (nSPS) is 18.3. The van der Waals surface area contributed by atoms with Gasteiger partial charge >= 0.3 is 0 Å². The molecule has 2 aromatic carbocycles. The second-order valence-electron chi connectivity index (χ2n) is 9.59. The Labute approximate surface area is 202 Å². The van der Waals surface area contributed by atoms with Crippen LogP contribution in [0.1, 0.15) is 61.9 Å². The number of hydrogen-bond acceptors (Lipinski definition) is 3. The zero-order chi connectivity index (χ0) is 24.5. The highest BCUT2D eigenvalue weighted by Gasteiger charge is 2.27. The molecule has 6 heteroatoms. The van der Waals surface area contributed by atoms with Crippen molar-refractivity contribution in [2.24, 2.45) is 5.92 Å². The third kappa shape index (κ3) is 7.05. The molecule has 2 aromatic rings. The van der Waals surface area contributed by atoms with Gasteiger partial charge in [0.15, 0.2) is 0 Å². The predicted molar refractivity (Wildman–Crippen MR) is 132 cm³/mol. The average molecular weight is 469 g/mol. The van der Waals surface area contributed by atoms with Crippen LogP contribution in [0, 0.1) is 11.7 Å². The molecule has 184 valence electrons. The van der Waals surface area contributed by atoms with E-state index >= 15 is 0 Å². The lowest BCUT2D eigenvalue weighted by Crippen LogP contribution is -2.46. The van der Waals surface area contributed by atoms with E-state index in [0.29, 0.717) is 35.9 Å². The first kappa shape index (κ1) is 25.7. The van der Waals surface area contributed by atoms with Crippen molar-refractivity contribution in [1.82, 2.24) is 9.80 Å². The van der Waals surface area contributed by atoms with Gasteiger partial charge in [0.25, 0.3) is 5.91 Å². The molecule has 34 heavy (non-hydrogen) atoms. The molecule has 0 saturated heterocycles. The Bertz CT molecular complexity index is 962. The van der Waals surface area contributed by atoms with Crippen molar-refractivity contribution >= 4 is 11.8 Å². The molecule has 0 spiro atoms. The number of ether oxygens (including phenoxy) is 1. The number of carbonyl (C=O) groups is 2. The number of halogens is 1. The fourth-order valence-corrected chi connectivity index (χ4v) is 4.49. The number of rotatable bonds is 4. The Hall–Kier alpha value is -2.89. The molecule has 0 radical (unpaired) electrons. The van der Waals surface area contributed by atoms with Crippen molar-refractivity contribution in [3.05, 3.63) is 65.5 Å². The third-order valence-corrected chi connectivity index (χ3v) is 6.34. The molecule has 1 heterocycles. The van der Waals surface area contributed by atoms with Gasteiger partial charge < -0.3 is 14.5 Å². The summed E-state index contributed by atoms with van der Waals surface area (Å²) in [6.45, 7) is 5.83. The minimum Gasteiger partial charge on any atom is -0.491 e. The van der Waals surface area contributed by atoms with Gasteiger partial charge in [-0.3, -0.25) is 9.59 Å². The average Bonchev–Trinajstić information content (AvgIpc) is 2.81. The van der Waals surface area contributed by atoms with E-state index in [4.69, 9.17) is 4.74 Å². The van der Waals surface area contributed by atoms with Crippen LogP contribution in [0.2, 0.25) is 0 Å². The van der Waals surface area contributed by atoms with E-state index < -0.39 is 0 Å². The van der Waals surface area contributed by atoms with Crippen LogP contribution in [0.4, 0.5) is 4.39 Å². The fraction of sp³-hybridized carbons (Fsp3) is 0.500. The second-order valence-corrected chi connectivity index (χ2v) is 9.59. The van der Waals surface area contributed by atoms with Crippen molar-refractivity contribution in [3.8, 4) is 5.75 Å². The van der Waals surface area contributed by atoms with Crippen LogP contribution >= 0.6 is 0 Å². The number of benzene rings is 2. The van der Waals surface area contributed by atoms with E-state index in [1.165, 1.54) is 6.07 Å². The summed E-state index contributed by atoms with van der Waals surface area (Å²) in [6.07, 6.45) is 4.52. The molecule has 5 nitrogen and oxygen atoms in total. The van der Waals surface area contributed by atoms with Gasteiger partial charge in [-0.2, -0.15) is 0 Å². The zero-order valence-corrected chi connectivity index (χ0v) is 20.6. The molecule has 0 saturated carbocycles. The van der Waals surface area contributed by atoms with Gasteiger partial charge in [-0.1, -0.05) is 57.0 Å². The lowest BCUT2D eigenvalue weighted by atomic mass is 10.0. The van der Waals surface area contributed by atoms with E-state index in [9.17, 15) is 14.0 Å². The summed E-state index contributed by atoms with van der Waals surface area (Å²) in [7, 11) is 1.83. The summed E-state index contributed by atoms with van der Waals surface area (Å²) in [5.41, 5.74) is 0.949. The molecule has 0 bridgehead atoms. The monoisotopic (exact) mass is 468 g/mol. The molecule has 0 aromatic heterocycles. The number of amides is 2. The molecule has 2 amide bonds. The van der Waals surface area contributed by atoms with Crippen molar-refractivity contribution in [3.63, 3.8) is 0 Å².